The molecule has 2 rings (SSSR count). The quantitative estimate of drug-likeness (QED) is 0.859. The van der Waals surface area contributed by atoms with Gasteiger partial charge in [-0.25, -0.2) is 8.42 Å². The monoisotopic (exact) mass is 306 g/mol. The molecule has 0 heterocycles. The van der Waals surface area contributed by atoms with Gasteiger partial charge in [0, 0.05) is 13.6 Å². The van der Waals surface area contributed by atoms with Crippen LogP contribution in [0.1, 0.15) is 5.56 Å². The second kappa shape index (κ2) is 6.15. The van der Waals surface area contributed by atoms with E-state index in [2.05, 4.69) is 0 Å². The third-order valence-corrected chi connectivity index (χ3v) is 5.02. The first kappa shape index (κ1) is 15.3. The molecule has 0 amide bonds. The maximum absolute atomic E-state index is 12.5. The fraction of sp³-hybridized carbons (Fsp3) is 0.200. The summed E-state index contributed by atoms with van der Waals surface area (Å²) in [4.78, 5) is 0.121. The van der Waals surface area contributed by atoms with Gasteiger partial charge in [-0.2, -0.15) is 4.31 Å². The average molecular weight is 306 g/mol. The maximum atomic E-state index is 12.5. The predicted molar refractivity (Wildman–Crippen MR) is 82.5 cm³/mol. The van der Waals surface area contributed by atoms with Gasteiger partial charge in [0.2, 0.25) is 10.0 Å². The Bertz CT molecular complexity index is 729. The topological polar surface area (TPSA) is 72.6 Å². The van der Waals surface area contributed by atoms with Crippen molar-refractivity contribution in [1.29, 1.82) is 0 Å². The first-order chi connectivity index (χ1) is 9.95. The number of benzene rings is 2. The van der Waals surface area contributed by atoms with Crippen LogP contribution in [0.25, 0.3) is 0 Å². The highest BCUT2D eigenvalue weighted by atomic mass is 32.2. The van der Waals surface area contributed by atoms with Crippen LogP contribution in [0.15, 0.2) is 53.4 Å². The van der Waals surface area contributed by atoms with E-state index < -0.39 is 10.0 Å². The van der Waals surface area contributed by atoms with E-state index in [1.807, 2.05) is 18.2 Å². The summed E-state index contributed by atoms with van der Waals surface area (Å²) >= 11 is 0. The van der Waals surface area contributed by atoms with Crippen molar-refractivity contribution in [2.45, 2.75) is 11.4 Å². The lowest BCUT2D eigenvalue weighted by Crippen LogP contribution is -2.27. The van der Waals surface area contributed by atoms with Crippen molar-refractivity contribution in [1.82, 2.24) is 4.31 Å². The van der Waals surface area contributed by atoms with Crippen molar-refractivity contribution < 1.29 is 13.2 Å². The molecule has 2 N–H and O–H groups in total. The Hall–Kier alpha value is -2.05. The van der Waals surface area contributed by atoms with Gasteiger partial charge in [-0.05, 0) is 29.8 Å². The van der Waals surface area contributed by atoms with Crippen molar-refractivity contribution in [2.24, 2.45) is 0 Å². The zero-order valence-electron chi connectivity index (χ0n) is 12.0. The zero-order chi connectivity index (χ0) is 15.5. The number of hydrogen-bond acceptors (Lipinski definition) is 4. The Morgan fingerprint density at radius 1 is 1.14 bits per heavy atom. The normalized spacial score (nSPS) is 11.6. The molecular weight excluding hydrogens is 288 g/mol. The first-order valence-electron chi connectivity index (χ1n) is 6.39. The number of hydrogen-bond donors (Lipinski definition) is 1. The second-order valence-electron chi connectivity index (χ2n) is 4.65. The average Bonchev–Trinajstić information content (AvgIpc) is 2.47. The van der Waals surface area contributed by atoms with Gasteiger partial charge in [0.15, 0.2) is 0 Å². The molecule has 0 radical (unpaired) electrons. The van der Waals surface area contributed by atoms with E-state index in [1.54, 1.807) is 31.4 Å². The summed E-state index contributed by atoms with van der Waals surface area (Å²) in [5.74, 6) is 0.692. The highest BCUT2D eigenvalue weighted by Gasteiger charge is 2.23. The Morgan fingerprint density at radius 2 is 1.86 bits per heavy atom. The second-order valence-corrected chi connectivity index (χ2v) is 6.66. The maximum Gasteiger partial charge on any atom is 0.245 e. The molecule has 6 heteroatoms. The molecule has 0 aliphatic carbocycles. The molecule has 0 spiro atoms. The van der Waals surface area contributed by atoms with Gasteiger partial charge in [0.25, 0.3) is 0 Å². The van der Waals surface area contributed by atoms with Crippen LogP contribution < -0.4 is 10.5 Å². The van der Waals surface area contributed by atoms with Gasteiger partial charge >= 0.3 is 0 Å². The molecule has 112 valence electrons. The number of rotatable bonds is 5. The highest BCUT2D eigenvalue weighted by molar-refractivity contribution is 7.89. The minimum atomic E-state index is -3.62. The number of nitrogen functional groups attached to an aromatic ring is 1. The summed E-state index contributed by atoms with van der Waals surface area (Å²) in [5.41, 5.74) is 6.85. The van der Waals surface area contributed by atoms with Crippen LogP contribution in [0.5, 0.6) is 5.75 Å². The fourth-order valence-electron chi connectivity index (χ4n) is 2.00. The van der Waals surface area contributed by atoms with Gasteiger partial charge in [-0.3, -0.25) is 0 Å². The van der Waals surface area contributed by atoms with Crippen LogP contribution >= 0.6 is 0 Å². The van der Waals surface area contributed by atoms with Crippen molar-refractivity contribution in [3.05, 3.63) is 54.1 Å². The van der Waals surface area contributed by atoms with Crippen LogP contribution in [-0.4, -0.2) is 26.9 Å². The first-order valence-corrected chi connectivity index (χ1v) is 7.83. The van der Waals surface area contributed by atoms with Crippen LogP contribution in [0.3, 0.4) is 0 Å². The number of para-hydroxylation sites is 1. The number of ether oxygens (including phenoxy) is 1. The minimum Gasteiger partial charge on any atom is -0.497 e. The summed E-state index contributed by atoms with van der Waals surface area (Å²) in [6.07, 6.45) is 0. The van der Waals surface area contributed by atoms with Crippen LogP contribution in [-0.2, 0) is 16.6 Å². The molecule has 5 nitrogen and oxygen atoms in total. The molecule has 2 aromatic carbocycles. The van der Waals surface area contributed by atoms with E-state index in [0.717, 1.165) is 5.56 Å². The molecule has 0 aromatic heterocycles. The predicted octanol–water partition coefficient (Wildman–Crippen LogP) is 2.10. The third kappa shape index (κ3) is 3.34. The fourth-order valence-corrected chi connectivity index (χ4v) is 3.27. The van der Waals surface area contributed by atoms with Gasteiger partial charge in [0.05, 0.1) is 12.8 Å². The summed E-state index contributed by atoms with van der Waals surface area (Å²) < 4.78 is 31.5. The van der Waals surface area contributed by atoms with Crippen LogP contribution in [0, 0.1) is 0 Å². The standard InChI is InChI=1S/C15H18N2O3S/c1-17(11-12-6-5-7-13(10-12)20-2)21(18,19)15-9-4-3-8-14(15)16/h3-10H,11,16H2,1-2H3. The number of sulfonamides is 1. The molecule has 2 aromatic rings. The molecule has 21 heavy (non-hydrogen) atoms. The zero-order valence-corrected chi connectivity index (χ0v) is 12.8. The van der Waals surface area contributed by atoms with E-state index in [1.165, 1.54) is 17.4 Å². The Kier molecular flexibility index (Phi) is 4.50. The molecule has 0 aliphatic heterocycles. The van der Waals surface area contributed by atoms with Gasteiger partial charge in [0.1, 0.15) is 10.6 Å². The molecule has 0 atom stereocenters. The third-order valence-electron chi connectivity index (χ3n) is 3.15. The lowest BCUT2D eigenvalue weighted by molar-refractivity contribution is 0.412. The summed E-state index contributed by atoms with van der Waals surface area (Å²) in [6, 6.07) is 13.7. The van der Waals surface area contributed by atoms with Crippen molar-refractivity contribution in [2.75, 3.05) is 19.9 Å². The van der Waals surface area contributed by atoms with Crippen LogP contribution in [0.4, 0.5) is 5.69 Å². The molecule has 0 fully saturated rings. The Balaban J connectivity index is 2.27. The molecule has 0 saturated heterocycles. The van der Waals surface area contributed by atoms with Gasteiger partial charge < -0.3 is 10.5 Å². The van der Waals surface area contributed by atoms with Crippen molar-refractivity contribution >= 4 is 15.7 Å². The van der Waals surface area contributed by atoms with Crippen molar-refractivity contribution in [3.8, 4) is 5.75 Å². The lowest BCUT2D eigenvalue weighted by Gasteiger charge is -2.18. The van der Waals surface area contributed by atoms with Gasteiger partial charge in [-0.15, -0.1) is 0 Å². The van der Waals surface area contributed by atoms with E-state index in [0.29, 0.717) is 5.75 Å². The summed E-state index contributed by atoms with van der Waals surface area (Å²) in [5, 5.41) is 0. The molecule has 0 bridgehead atoms. The Morgan fingerprint density at radius 3 is 2.52 bits per heavy atom. The SMILES string of the molecule is COc1cccc(CN(C)S(=O)(=O)c2ccccc2N)c1. The Labute approximate surface area is 125 Å². The number of nitrogens with zero attached hydrogens (tertiary/aromatic N) is 1. The summed E-state index contributed by atoms with van der Waals surface area (Å²) in [6.45, 7) is 0.244. The van der Waals surface area contributed by atoms with E-state index in [9.17, 15) is 8.42 Å². The number of methoxy groups -OCH3 is 1. The smallest absolute Gasteiger partial charge is 0.245 e. The van der Waals surface area contributed by atoms with E-state index in [-0.39, 0.29) is 17.1 Å². The lowest BCUT2D eigenvalue weighted by atomic mass is 10.2. The van der Waals surface area contributed by atoms with Crippen LogP contribution in [0.2, 0.25) is 0 Å². The number of anilines is 1. The summed E-state index contributed by atoms with van der Waals surface area (Å²) in [7, 11) is -0.517. The largest absolute Gasteiger partial charge is 0.497 e. The molecule has 0 unspecified atom stereocenters. The molecular formula is C15H18N2O3S. The van der Waals surface area contributed by atoms with Gasteiger partial charge in [-0.1, -0.05) is 24.3 Å². The van der Waals surface area contributed by atoms with E-state index in [4.69, 9.17) is 10.5 Å². The molecule has 0 saturated carbocycles. The van der Waals surface area contributed by atoms with E-state index >= 15 is 0 Å². The number of nitrogens with two attached hydrogens (primary N) is 1. The minimum absolute atomic E-state index is 0.121. The molecule has 0 aliphatic rings. The highest BCUT2D eigenvalue weighted by Crippen LogP contribution is 2.23. The van der Waals surface area contributed by atoms with Crippen molar-refractivity contribution in [3.63, 3.8) is 0 Å².